The van der Waals surface area contributed by atoms with E-state index >= 15 is 0 Å². The smallest absolute Gasteiger partial charge is 0.236 e. The molecule has 2 saturated heterocycles. The van der Waals surface area contributed by atoms with Gasteiger partial charge in [0.25, 0.3) is 0 Å². The molecule has 0 saturated carbocycles. The van der Waals surface area contributed by atoms with Crippen molar-refractivity contribution in [1.29, 1.82) is 0 Å². The highest BCUT2D eigenvalue weighted by Crippen LogP contribution is 2.41. The Bertz CT molecular complexity index is 590. The van der Waals surface area contributed by atoms with Crippen molar-refractivity contribution in [3.05, 3.63) is 30.1 Å². The van der Waals surface area contributed by atoms with Gasteiger partial charge in [0, 0.05) is 25.8 Å². The lowest BCUT2D eigenvalue weighted by Crippen LogP contribution is -2.40. The second-order valence-corrected chi connectivity index (χ2v) is 6.88. The summed E-state index contributed by atoms with van der Waals surface area (Å²) in [6, 6.07) is 5.76. The molecular weight excluding hydrogens is 292 g/mol. The van der Waals surface area contributed by atoms with E-state index in [2.05, 4.69) is 4.98 Å². The molecule has 2 amide bonds. The molecule has 1 aromatic heterocycles. The van der Waals surface area contributed by atoms with Crippen LogP contribution in [0.4, 0.5) is 0 Å². The standard InChI is InChI=1S/C17H24N4O2/c1-19(2)12-15(22)21-10-7-17(13-21)6-9-20(16(17)23)11-14-5-3-4-8-18-14/h3-5,8H,6-7,9-13H2,1-2H3/t17-/m0/s1. The average Bonchev–Trinajstić information content (AvgIpc) is 3.08. The van der Waals surface area contributed by atoms with E-state index in [4.69, 9.17) is 0 Å². The lowest BCUT2D eigenvalue weighted by molar-refractivity contribution is -0.137. The number of nitrogens with zero attached hydrogens (tertiary/aromatic N) is 4. The molecule has 6 heteroatoms. The van der Waals surface area contributed by atoms with Gasteiger partial charge in [0.1, 0.15) is 0 Å². The summed E-state index contributed by atoms with van der Waals surface area (Å²) in [6.45, 7) is 2.98. The predicted molar refractivity (Wildman–Crippen MR) is 86.5 cm³/mol. The van der Waals surface area contributed by atoms with Crippen molar-refractivity contribution in [2.45, 2.75) is 19.4 Å². The topological polar surface area (TPSA) is 56.8 Å². The van der Waals surface area contributed by atoms with Gasteiger partial charge in [0.2, 0.25) is 11.8 Å². The quantitative estimate of drug-likeness (QED) is 0.816. The Morgan fingerprint density at radius 2 is 2.09 bits per heavy atom. The Morgan fingerprint density at radius 3 is 2.78 bits per heavy atom. The van der Waals surface area contributed by atoms with E-state index in [9.17, 15) is 9.59 Å². The second kappa shape index (κ2) is 6.28. The van der Waals surface area contributed by atoms with E-state index in [1.807, 2.05) is 47.0 Å². The largest absolute Gasteiger partial charge is 0.340 e. The molecule has 124 valence electrons. The molecule has 1 atom stereocenters. The van der Waals surface area contributed by atoms with Gasteiger partial charge in [-0.15, -0.1) is 0 Å². The van der Waals surface area contributed by atoms with Gasteiger partial charge in [-0.3, -0.25) is 14.6 Å². The van der Waals surface area contributed by atoms with Crippen LogP contribution in [0.25, 0.3) is 0 Å². The van der Waals surface area contributed by atoms with Crippen LogP contribution in [0.1, 0.15) is 18.5 Å². The Morgan fingerprint density at radius 1 is 1.30 bits per heavy atom. The molecule has 2 aliphatic heterocycles. The summed E-state index contributed by atoms with van der Waals surface area (Å²) < 4.78 is 0. The molecule has 0 N–H and O–H groups in total. The Hall–Kier alpha value is -1.95. The number of carbonyl (C=O) groups excluding carboxylic acids is 2. The highest BCUT2D eigenvalue weighted by Gasteiger charge is 2.51. The number of aromatic nitrogens is 1. The number of amides is 2. The van der Waals surface area contributed by atoms with Crippen LogP contribution >= 0.6 is 0 Å². The minimum Gasteiger partial charge on any atom is -0.340 e. The first-order chi connectivity index (χ1) is 11.0. The Labute approximate surface area is 137 Å². The first-order valence-electron chi connectivity index (χ1n) is 8.12. The van der Waals surface area contributed by atoms with Crippen molar-refractivity contribution in [2.24, 2.45) is 5.41 Å². The normalized spacial score (nSPS) is 24.2. The van der Waals surface area contributed by atoms with Crippen molar-refractivity contribution in [3.63, 3.8) is 0 Å². The maximum Gasteiger partial charge on any atom is 0.236 e. The van der Waals surface area contributed by atoms with Gasteiger partial charge in [0.05, 0.1) is 24.2 Å². The predicted octanol–water partition coefficient (Wildman–Crippen LogP) is 0.594. The van der Waals surface area contributed by atoms with Crippen LogP contribution in [0.15, 0.2) is 24.4 Å². The molecule has 0 bridgehead atoms. The van der Waals surface area contributed by atoms with E-state index < -0.39 is 0 Å². The highest BCUT2D eigenvalue weighted by atomic mass is 16.2. The van der Waals surface area contributed by atoms with E-state index in [0.717, 1.165) is 25.1 Å². The monoisotopic (exact) mass is 316 g/mol. The summed E-state index contributed by atoms with van der Waals surface area (Å²) in [7, 11) is 3.78. The number of pyridine rings is 1. The average molecular weight is 316 g/mol. The Kier molecular flexibility index (Phi) is 4.35. The van der Waals surface area contributed by atoms with E-state index in [-0.39, 0.29) is 17.2 Å². The van der Waals surface area contributed by atoms with Crippen LogP contribution in [-0.4, -0.2) is 71.8 Å². The maximum absolute atomic E-state index is 12.9. The van der Waals surface area contributed by atoms with Gasteiger partial charge in [-0.2, -0.15) is 0 Å². The summed E-state index contributed by atoms with van der Waals surface area (Å²) in [5.74, 6) is 0.297. The fraction of sp³-hybridized carbons (Fsp3) is 0.588. The van der Waals surface area contributed by atoms with Crippen molar-refractivity contribution in [2.75, 3.05) is 40.3 Å². The van der Waals surface area contributed by atoms with Gasteiger partial charge in [0.15, 0.2) is 0 Å². The molecule has 0 aliphatic carbocycles. The summed E-state index contributed by atoms with van der Waals surface area (Å²) >= 11 is 0. The third-order valence-electron chi connectivity index (χ3n) is 4.84. The highest BCUT2D eigenvalue weighted by molar-refractivity contribution is 5.87. The maximum atomic E-state index is 12.9. The summed E-state index contributed by atoms with van der Waals surface area (Å²) in [5, 5.41) is 0. The van der Waals surface area contributed by atoms with Gasteiger partial charge in [-0.1, -0.05) is 6.07 Å². The lowest BCUT2D eigenvalue weighted by atomic mass is 9.85. The first-order valence-corrected chi connectivity index (χ1v) is 8.12. The zero-order valence-corrected chi connectivity index (χ0v) is 13.9. The number of hydrogen-bond donors (Lipinski definition) is 0. The Balaban J connectivity index is 1.64. The van der Waals surface area contributed by atoms with Gasteiger partial charge < -0.3 is 14.7 Å². The first kappa shape index (κ1) is 15.9. The second-order valence-electron chi connectivity index (χ2n) is 6.88. The molecule has 23 heavy (non-hydrogen) atoms. The summed E-state index contributed by atoms with van der Waals surface area (Å²) in [5.41, 5.74) is 0.549. The van der Waals surface area contributed by atoms with Crippen molar-refractivity contribution >= 4 is 11.8 Å². The molecule has 1 aromatic rings. The molecule has 3 heterocycles. The van der Waals surface area contributed by atoms with Crippen molar-refractivity contribution in [1.82, 2.24) is 19.7 Å². The third kappa shape index (κ3) is 3.22. The molecule has 2 fully saturated rings. The van der Waals surface area contributed by atoms with Crippen LogP contribution in [0.5, 0.6) is 0 Å². The van der Waals surface area contributed by atoms with Gasteiger partial charge in [-0.25, -0.2) is 0 Å². The van der Waals surface area contributed by atoms with Crippen molar-refractivity contribution < 1.29 is 9.59 Å². The van der Waals surface area contributed by atoms with E-state index in [0.29, 0.717) is 26.2 Å². The lowest BCUT2D eigenvalue weighted by Gasteiger charge is -2.24. The molecule has 6 nitrogen and oxygen atoms in total. The number of carbonyl (C=O) groups is 2. The molecule has 2 aliphatic rings. The summed E-state index contributed by atoms with van der Waals surface area (Å²) in [6.07, 6.45) is 3.37. The van der Waals surface area contributed by atoms with Gasteiger partial charge >= 0.3 is 0 Å². The zero-order valence-electron chi connectivity index (χ0n) is 13.9. The minimum atomic E-state index is -0.364. The third-order valence-corrected chi connectivity index (χ3v) is 4.84. The minimum absolute atomic E-state index is 0.114. The van der Waals surface area contributed by atoms with Crippen LogP contribution in [0.3, 0.4) is 0 Å². The van der Waals surface area contributed by atoms with Crippen LogP contribution in [0.2, 0.25) is 0 Å². The van der Waals surface area contributed by atoms with Crippen molar-refractivity contribution in [3.8, 4) is 0 Å². The summed E-state index contributed by atoms with van der Waals surface area (Å²) in [4.78, 5) is 35.0. The van der Waals surface area contributed by atoms with E-state index in [1.54, 1.807) is 6.20 Å². The van der Waals surface area contributed by atoms with Crippen LogP contribution < -0.4 is 0 Å². The van der Waals surface area contributed by atoms with E-state index in [1.165, 1.54) is 0 Å². The van der Waals surface area contributed by atoms with Crippen LogP contribution in [-0.2, 0) is 16.1 Å². The number of hydrogen-bond acceptors (Lipinski definition) is 4. The number of rotatable bonds is 4. The zero-order chi connectivity index (χ0) is 16.4. The molecule has 1 spiro atoms. The molecule has 3 rings (SSSR count). The SMILES string of the molecule is CN(C)CC(=O)N1CC[C@@]2(CCN(Cc3ccccn3)C2=O)C1. The molecule has 0 radical (unpaired) electrons. The molecule has 0 unspecified atom stereocenters. The van der Waals surface area contributed by atoms with Gasteiger partial charge in [-0.05, 0) is 39.1 Å². The number of likely N-dealkylation sites (N-methyl/N-ethyl adjacent to an activating group) is 1. The molecular formula is C17H24N4O2. The fourth-order valence-electron chi connectivity index (χ4n) is 3.57. The molecule has 0 aromatic carbocycles. The number of likely N-dealkylation sites (tertiary alicyclic amines) is 2. The van der Waals surface area contributed by atoms with Crippen LogP contribution in [0, 0.1) is 5.41 Å². The fourth-order valence-corrected chi connectivity index (χ4v) is 3.57.